The standard InChI is InChI=1S/C13H13Cl3N2O2/c1-2-6-17-12(19)10(15)11(16)13(20)18-9-5-3-4-8(14)7-9/h3-5,7H,2,6H2,1H3,(H,17,19)(H,18,20)/b11-10-. The molecule has 0 saturated carbocycles. The lowest BCUT2D eigenvalue weighted by molar-refractivity contribution is -0.117. The monoisotopic (exact) mass is 334 g/mol. The lowest BCUT2D eigenvalue weighted by Crippen LogP contribution is -2.26. The molecule has 2 amide bonds. The van der Waals surface area contributed by atoms with Gasteiger partial charge < -0.3 is 10.6 Å². The fourth-order valence-electron chi connectivity index (χ4n) is 1.27. The average Bonchev–Trinajstić information content (AvgIpc) is 2.43. The van der Waals surface area contributed by atoms with Crippen molar-refractivity contribution in [3.05, 3.63) is 39.4 Å². The Bertz CT molecular complexity index is 544. The summed E-state index contributed by atoms with van der Waals surface area (Å²) >= 11 is 17.3. The second-order valence-electron chi connectivity index (χ2n) is 3.85. The predicted molar refractivity (Wildman–Crippen MR) is 82.1 cm³/mol. The number of anilines is 1. The van der Waals surface area contributed by atoms with Crippen molar-refractivity contribution >= 4 is 52.3 Å². The molecule has 0 aliphatic heterocycles. The van der Waals surface area contributed by atoms with Gasteiger partial charge in [0.05, 0.1) is 0 Å². The molecular weight excluding hydrogens is 323 g/mol. The van der Waals surface area contributed by atoms with E-state index < -0.39 is 11.8 Å². The second kappa shape index (κ2) is 8.15. The molecule has 0 atom stereocenters. The molecule has 0 fully saturated rings. The molecule has 20 heavy (non-hydrogen) atoms. The first-order valence-electron chi connectivity index (χ1n) is 5.86. The molecule has 108 valence electrons. The molecule has 0 unspecified atom stereocenters. The van der Waals surface area contributed by atoms with Crippen LogP contribution in [0.15, 0.2) is 34.3 Å². The Hall–Kier alpha value is -1.23. The van der Waals surface area contributed by atoms with Crippen molar-refractivity contribution in [3.8, 4) is 0 Å². The van der Waals surface area contributed by atoms with Crippen molar-refractivity contribution in [1.82, 2.24) is 5.32 Å². The molecule has 0 saturated heterocycles. The molecule has 0 aliphatic rings. The average molecular weight is 336 g/mol. The van der Waals surface area contributed by atoms with Crippen LogP contribution >= 0.6 is 34.8 Å². The minimum Gasteiger partial charge on any atom is -0.351 e. The molecule has 2 N–H and O–H groups in total. The summed E-state index contributed by atoms with van der Waals surface area (Å²) in [5.41, 5.74) is 0.457. The largest absolute Gasteiger partial charge is 0.351 e. The Balaban J connectivity index is 2.77. The van der Waals surface area contributed by atoms with Gasteiger partial charge in [-0.1, -0.05) is 47.8 Å². The van der Waals surface area contributed by atoms with E-state index in [1.807, 2.05) is 6.92 Å². The molecule has 1 rings (SSSR count). The van der Waals surface area contributed by atoms with Crippen molar-refractivity contribution in [2.24, 2.45) is 0 Å². The third-order valence-electron chi connectivity index (χ3n) is 2.21. The maximum absolute atomic E-state index is 11.8. The van der Waals surface area contributed by atoms with E-state index in [0.717, 1.165) is 6.42 Å². The van der Waals surface area contributed by atoms with Gasteiger partial charge in [0.1, 0.15) is 10.1 Å². The number of nitrogens with one attached hydrogen (secondary N) is 2. The van der Waals surface area contributed by atoms with E-state index >= 15 is 0 Å². The van der Waals surface area contributed by atoms with Crippen molar-refractivity contribution in [2.45, 2.75) is 13.3 Å². The Morgan fingerprint density at radius 3 is 2.40 bits per heavy atom. The fraction of sp³-hybridized carbons (Fsp3) is 0.231. The zero-order chi connectivity index (χ0) is 15.1. The molecular formula is C13H13Cl3N2O2. The van der Waals surface area contributed by atoms with Gasteiger partial charge in [-0.3, -0.25) is 9.59 Å². The molecule has 0 aliphatic carbocycles. The second-order valence-corrected chi connectivity index (χ2v) is 5.04. The molecule has 7 heteroatoms. The van der Waals surface area contributed by atoms with Crippen LogP contribution in [0.2, 0.25) is 5.02 Å². The predicted octanol–water partition coefficient (Wildman–Crippen LogP) is 3.49. The Morgan fingerprint density at radius 1 is 1.15 bits per heavy atom. The maximum atomic E-state index is 11.8. The number of carbonyl (C=O) groups is 2. The van der Waals surface area contributed by atoms with E-state index in [9.17, 15) is 9.59 Å². The molecule has 4 nitrogen and oxygen atoms in total. The highest BCUT2D eigenvalue weighted by Gasteiger charge is 2.17. The van der Waals surface area contributed by atoms with Crippen LogP contribution in [-0.2, 0) is 9.59 Å². The van der Waals surface area contributed by atoms with Crippen LogP contribution in [0, 0.1) is 0 Å². The first-order valence-corrected chi connectivity index (χ1v) is 6.99. The van der Waals surface area contributed by atoms with Gasteiger partial charge in [-0.05, 0) is 24.6 Å². The van der Waals surface area contributed by atoms with Crippen molar-refractivity contribution in [1.29, 1.82) is 0 Å². The zero-order valence-electron chi connectivity index (χ0n) is 10.7. The Kier molecular flexibility index (Phi) is 6.85. The first kappa shape index (κ1) is 16.8. The van der Waals surface area contributed by atoms with Crippen molar-refractivity contribution in [3.63, 3.8) is 0 Å². The summed E-state index contributed by atoms with van der Waals surface area (Å²) in [5.74, 6) is -1.26. The Labute approximate surface area is 132 Å². The highest BCUT2D eigenvalue weighted by atomic mass is 35.5. The first-order chi connectivity index (χ1) is 9.45. The van der Waals surface area contributed by atoms with Gasteiger partial charge in [-0.15, -0.1) is 0 Å². The smallest absolute Gasteiger partial charge is 0.268 e. The van der Waals surface area contributed by atoms with Gasteiger partial charge in [-0.2, -0.15) is 0 Å². The summed E-state index contributed by atoms with van der Waals surface area (Å²) < 4.78 is 0. The van der Waals surface area contributed by atoms with Gasteiger partial charge in [0, 0.05) is 17.3 Å². The lowest BCUT2D eigenvalue weighted by Gasteiger charge is -2.07. The van der Waals surface area contributed by atoms with E-state index in [2.05, 4.69) is 10.6 Å². The Morgan fingerprint density at radius 2 is 1.80 bits per heavy atom. The number of halogens is 3. The highest BCUT2D eigenvalue weighted by molar-refractivity contribution is 6.54. The molecule has 1 aromatic carbocycles. The van der Waals surface area contributed by atoms with Gasteiger partial charge in [-0.25, -0.2) is 0 Å². The summed E-state index contributed by atoms with van der Waals surface area (Å²) in [5, 5.41) is 4.77. The lowest BCUT2D eigenvalue weighted by atomic mass is 10.3. The quantitative estimate of drug-likeness (QED) is 0.809. The molecule has 0 spiro atoms. The molecule has 0 aromatic heterocycles. The van der Waals surface area contributed by atoms with Crippen LogP contribution in [0.1, 0.15) is 13.3 Å². The third-order valence-corrected chi connectivity index (χ3v) is 3.26. The van der Waals surface area contributed by atoms with Gasteiger partial charge in [0.2, 0.25) is 0 Å². The van der Waals surface area contributed by atoms with E-state index in [0.29, 0.717) is 17.3 Å². The van der Waals surface area contributed by atoms with Gasteiger partial charge in [0.25, 0.3) is 11.8 Å². The normalized spacial score (nSPS) is 11.6. The zero-order valence-corrected chi connectivity index (χ0v) is 12.9. The summed E-state index contributed by atoms with van der Waals surface area (Å²) in [6, 6.07) is 6.53. The van der Waals surface area contributed by atoms with E-state index in [1.165, 1.54) is 0 Å². The molecule has 1 aromatic rings. The molecule has 0 bridgehead atoms. The minimum atomic E-state index is -0.675. The van der Waals surface area contributed by atoms with E-state index in [-0.39, 0.29) is 10.1 Å². The number of rotatable bonds is 5. The topological polar surface area (TPSA) is 58.2 Å². The molecule has 0 radical (unpaired) electrons. The van der Waals surface area contributed by atoms with E-state index in [4.69, 9.17) is 34.8 Å². The van der Waals surface area contributed by atoms with Crippen LogP contribution in [0.25, 0.3) is 0 Å². The van der Waals surface area contributed by atoms with Crippen LogP contribution < -0.4 is 10.6 Å². The van der Waals surface area contributed by atoms with Crippen LogP contribution in [0.4, 0.5) is 5.69 Å². The van der Waals surface area contributed by atoms with Crippen LogP contribution in [0.5, 0.6) is 0 Å². The number of carbonyl (C=O) groups excluding carboxylic acids is 2. The van der Waals surface area contributed by atoms with Crippen LogP contribution in [-0.4, -0.2) is 18.4 Å². The number of hydrogen-bond acceptors (Lipinski definition) is 2. The van der Waals surface area contributed by atoms with Gasteiger partial charge in [0.15, 0.2) is 0 Å². The SMILES string of the molecule is CCCNC(=O)/C(Cl)=C(/Cl)C(=O)Nc1cccc(Cl)c1. The summed E-state index contributed by atoms with van der Waals surface area (Å²) in [7, 11) is 0. The van der Waals surface area contributed by atoms with Crippen molar-refractivity contribution in [2.75, 3.05) is 11.9 Å². The number of hydrogen-bond donors (Lipinski definition) is 2. The maximum Gasteiger partial charge on any atom is 0.268 e. The summed E-state index contributed by atoms with van der Waals surface area (Å²) in [4.78, 5) is 23.4. The minimum absolute atomic E-state index is 0.348. The fourth-order valence-corrected chi connectivity index (χ4v) is 1.74. The van der Waals surface area contributed by atoms with Crippen molar-refractivity contribution < 1.29 is 9.59 Å². The summed E-state index contributed by atoms with van der Waals surface area (Å²) in [6.45, 7) is 2.35. The highest BCUT2D eigenvalue weighted by Crippen LogP contribution is 2.19. The number of amides is 2. The molecule has 0 heterocycles. The van der Waals surface area contributed by atoms with Crippen LogP contribution in [0.3, 0.4) is 0 Å². The van der Waals surface area contributed by atoms with E-state index in [1.54, 1.807) is 24.3 Å². The third kappa shape index (κ3) is 5.04. The van der Waals surface area contributed by atoms with Gasteiger partial charge >= 0.3 is 0 Å². The summed E-state index contributed by atoms with van der Waals surface area (Å²) in [6.07, 6.45) is 0.752. The number of benzene rings is 1.